The number of carbonyl (C=O) groups excluding carboxylic acids is 1. The van der Waals surface area contributed by atoms with Crippen molar-refractivity contribution >= 4 is 35.2 Å². The second kappa shape index (κ2) is 7.81. The van der Waals surface area contributed by atoms with Crippen LogP contribution in [0.5, 0.6) is 0 Å². The van der Waals surface area contributed by atoms with E-state index >= 15 is 0 Å². The molecule has 8 heteroatoms. The highest BCUT2D eigenvalue weighted by Gasteiger charge is 2.11. The summed E-state index contributed by atoms with van der Waals surface area (Å²) in [4.78, 5) is 15.9. The molecule has 0 bridgehead atoms. The van der Waals surface area contributed by atoms with Gasteiger partial charge in [0.25, 0.3) is 0 Å². The molecule has 0 spiro atoms. The molecule has 0 saturated heterocycles. The van der Waals surface area contributed by atoms with Gasteiger partial charge in [0.05, 0.1) is 18.5 Å². The van der Waals surface area contributed by atoms with E-state index in [0.717, 1.165) is 16.4 Å². The minimum absolute atomic E-state index is 0.144. The van der Waals surface area contributed by atoms with Gasteiger partial charge in [-0.1, -0.05) is 42.1 Å². The Morgan fingerprint density at radius 2 is 2.14 bits per heavy atom. The van der Waals surface area contributed by atoms with Crippen LogP contribution in [-0.2, 0) is 4.74 Å². The molecule has 0 aliphatic heterocycles. The molecule has 1 amide bonds. The lowest BCUT2D eigenvalue weighted by Crippen LogP contribution is -2.38. The number of ether oxygens (including phenoxy) is 1. The first-order valence-corrected chi connectivity index (χ1v) is 8.21. The van der Waals surface area contributed by atoms with Crippen molar-refractivity contribution in [1.82, 2.24) is 15.0 Å². The number of carbonyl (C=O) groups is 1. The van der Waals surface area contributed by atoms with Crippen LogP contribution in [0.3, 0.4) is 0 Å². The Hall–Kier alpha value is -2.06. The summed E-state index contributed by atoms with van der Waals surface area (Å²) < 4.78 is 6.44. The van der Waals surface area contributed by atoms with Gasteiger partial charge in [0.15, 0.2) is 10.3 Å². The van der Waals surface area contributed by atoms with E-state index in [1.54, 1.807) is 11.6 Å². The van der Waals surface area contributed by atoms with Gasteiger partial charge in [0, 0.05) is 5.56 Å². The molecule has 2 N–H and O–H groups in total. The van der Waals surface area contributed by atoms with Gasteiger partial charge >= 0.3 is 6.09 Å². The van der Waals surface area contributed by atoms with Gasteiger partial charge in [-0.05, 0) is 25.4 Å². The molecular formula is C14H16N4O2S2. The number of benzene rings is 1. The number of thioether (sulfide) groups is 1. The number of imidazole rings is 1. The topological polar surface area (TPSA) is 68.2 Å². The van der Waals surface area contributed by atoms with Gasteiger partial charge in [-0.2, -0.15) is 0 Å². The Morgan fingerprint density at radius 1 is 1.41 bits per heavy atom. The summed E-state index contributed by atoms with van der Waals surface area (Å²) in [6, 6.07) is 9.81. The Morgan fingerprint density at radius 3 is 2.77 bits per heavy atom. The van der Waals surface area contributed by atoms with Crippen molar-refractivity contribution in [3.8, 4) is 11.3 Å². The zero-order chi connectivity index (χ0) is 15.9. The van der Waals surface area contributed by atoms with E-state index in [0.29, 0.717) is 0 Å². The highest BCUT2D eigenvalue weighted by molar-refractivity contribution is 7.98. The second-order valence-electron chi connectivity index (χ2n) is 4.14. The van der Waals surface area contributed by atoms with Crippen LogP contribution in [0.1, 0.15) is 6.92 Å². The van der Waals surface area contributed by atoms with E-state index in [4.69, 9.17) is 17.0 Å². The number of rotatable bonds is 4. The fourth-order valence-electron chi connectivity index (χ4n) is 1.73. The smallest absolute Gasteiger partial charge is 0.413 e. The molecule has 116 valence electrons. The average Bonchev–Trinajstić information content (AvgIpc) is 2.91. The van der Waals surface area contributed by atoms with Crippen LogP contribution in [0.2, 0.25) is 0 Å². The fourth-order valence-corrected chi connectivity index (χ4v) is 2.40. The largest absolute Gasteiger partial charge is 0.450 e. The molecule has 1 aromatic heterocycles. The molecule has 0 saturated carbocycles. The number of nitrogens with one attached hydrogen (secondary N) is 2. The van der Waals surface area contributed by atoms with Gasteiger partial charge in [0.1, 0.15) is 0 Å². The number of thiocarbonyl (C=S) groups is 1. The summed E-state index contributed by atoms with van der Waals surface area (Å²) >= 11 is 6.55. The Balaban J connectivity index is 2.12. The maximum Gasteiger partial charge on any atom is 0.413 e. The Kier molecular flexibility index (Phi) is 5.79. The maximum absolute atomic E-state index is 11.3. The normalized spacial score (nSPS) is 10.1. The number of hydrogen-bond acceptors (Lipinski definition) is 5. The van der Waals surface area contributed by atoms with Gasteiger partial charge in [-0.25, -0.2) is 14.5 Å². The molecule has 2 rings (SSSR count). The molecule has 1 heterocycles. The minimum Gasteiger partial charge on any atom is -0.450 e. The van der Waals surface area contributed by atoms with Crippen LogP contribution in [0.15, 0.2) is 41.7 Å². The molecule has 1 aromatic carbocycles. The first-order chi connectivity index (χ1) is 10.6. The highest BCUT2D eigenvalue weighted by atomic mass is 32.2. The fraction of sp³-hybridized carbons (Fsp3) is 0.214. The summed E-state index contributed by atoms with van der Waals surface area (Å²) in [6.07, 6.45) is 3.14. The Labute approximate surface area is 138 Å². The molecule has 2 aromatic rings. The number of hydrogen-bond donors (Lipinski definition) is 2. The number of aromatic nitrogens is 2. The van der Waals surface area contributed by atoms with E-state index in [2.05, 4.69) is 15.7 Å². The quantitative estimate of drug-likeness (QED) is 0.661. The third-order valence-corrected chi connectivity index (χ3v) is 3.49. The number of nitrogens with zero attached hydrogens (tertiary/aromatic N) is 2. The van der Waals surface area contributed by atoms with Crippen LogP contribution in [0.4, 0.5) is 4.79 Å². The van der Waals surface area contributed by atoms with E-state index in [-0.39, 0.29) is 11.7 Å². The van der Waals surface area contributed by atoms with Crippen LogP contribution >= 0.6 is 24.0 Å². The summed E-state index contributed by atoms with van der Waals surface area (Å²) in [7, 11) is 0. The van der Waals surface area contributed by atoms with Crippen molar-refractivity contribution in [1.29, 1.82) is 0 Å². The van der Waals surface area contributed by atoms with Gasteiger partial charge in [0.2, 0.25) is 0 Å². The van der Waals surface area contributed by atoms with Crippen molar-refractivity contribution in [2.24, 2.45) is 0 Å². The molecule has 0 fully saturated rings. The molecule has 0 unspecified atom stereocenters. The number of alkyl carbamates (subject to hydrolysis) is 1. The molecule has 0 atom stereocenters. The van der Waals surface area contributed by atoms with Crippen molar-refractivity contribution in [3.05, 3.63) is 36.5 Å². The van der Waals surface area contributed by atoms with E-state index < -0.39 is 6.09 Å². The molecule has 0 aliphatic carbocycles. The van der Waals surface area contributed by atoms with Gasteiger partial charge < -0.3 is 4.74 Å². The lowest BCUT2D eigenvalue weighted by Gasteiger charge is -2.11. The summed E-state index contributed by atoms with van der Waals surface area (Å²) in [5, 5.41) is 3.30. The lowest BCUT2D eigenvalue weighted by atomic mass is 10.2. The summed E-state index contributed by atoms with van der Waals surface area (Å²) in [6.45, 7) is 2.01. The summed E-state index contributed by atoms with van der Waals surface area (Å²) in [5.41, 5.74) is 4.71. The van der Waals surface area contributed by atoms with Gasteiger partial charge in [-0.3, -0.25) is 10.7 Å². The highest BCUT2D eigenvalue weighted by Crippen LogP contribution is 2.21. The summed E-state index contributed by atoms with van der Waals surface area (Å²) in [5.74, 6) is 0. The molecule has 22 heavy (non-hydrogen) atoms. The monoisotopic (exact) mass is 336 g/mol. The molecule has 0 aliphatic rings. The predicted octanol–water partition coefficient (Wildman–Crippen LogP) is 2.85. The van der Waals surface area contributed by atoms with Crippen LogP contribution in [0.25, 0.3) is 11.3 Å². The standard InChI is InChI=1S/C14H16N4O2S2/c1-3-20-14(19)16-12(21)17-18-9-11(15-13(18)22-2)10-7-5-4-6-8-10/h4-9H,3H2,1-2H3,(H2,16,17,19,21). The Bertz CT molecular complexity index is 658. The third-order valence-electron chi connectivity index (χ3n) is 2.64. The SMILES string of the molecule is CCOC(=O)NC(=S)Nn1cc(-c2ccccc2)nc1SC. The van der Waals surface area contributed by atoms with Crippen LogP contribution < -0.4 is 10.7 Å². The van der Waals surface area contributed by atoms with Gasteiger partial charge in [-0.15, -0.1) is 0 Å². The van der Waals surface area contributed by atoms with Crippen LogP contribution in [0, 0.1) is 0 Å². The zero-order valence-corrected chi connectivity index (χ0v) is 13.8. The second-order valence-corrected chi connectivity index (χ2v) is 5.32. The van der Waals surface area contributed by atoms with Crippen LogP contribution in [-0.4, -0.2) is 33.7 Å². The molecular weight excluding hydrogens is 320 g/mol. The van der Waals surface area contributed by atoms with Crippen molar-refractivity contribution in [2.45, 2.75) is 12.1 Å². The minimum atomic E-state index is -0.589. The van der Waals surface area contributed by atoms with E-state index in [9.17, 15) is 4.79 Å². The van der Waals surface area contributed by atoms with Crippen molar-refractivity contribution in [3.63, 3.8) is 0 Å². The van der Waals surface area contributed by atoms with Crippen molar-refractivity contribution in [2.75, 3.05) is 18.3 Å². The maximum atomic E-state index is 11.3. The number of amides is 1. The zero-order valence-electron chi connectivity index (χ0n) is 12.2. The first-order valence-electron chi connectivity index (χ1n) is 6.57. The predicted molar refractivity (Wildman–Crippen MR) is 91.6 cm³/mol. The van der Waals surface area contributed by atoms with Crippen molar-refractivity contribution < 1.29 is 9.53 Å². The van der Waals surface area contributed by atoms with E-state index in [1.807, 2.05) is 42.8 Å². The molecule has 6 nitrogen and oxygen atoms in total. The molecule has 0 radical (unpaired) electrons. The first kappa shape index (κ1) is 16.3. The lowest BCUT2D eigenvalue weighted by molar-refractivity contribution is 0.158. The average molecular weight is 336 g/mol. The third kappa shape index (κ3) is 4.22. The van der Waals surface area contributed by atoms with E-state index in [1.165, 1.54) is 11.8 Å².